The Labute approximate surface area is 172 Å². The van der Waals surface area contributed by atoms with Gasteiger partial charge in [0.15, 0.2) is 11.6 Å². The average Bonchev–Trinajstić information content (AvgIpc) is 3.16. The summed E-state index contributed by atoms with van der Waals surface area (Å²) in [4.78, 5) is 31.8. The monoisotopic (exact) mass is 438 g/mol. The zero-order chi connectivity index (χ0) is 22.1. The van der Waals surface area contributed by atoms with Crippen molar-refractivity contribution in [3.8, 4) is 5.82 Å². The molecule has 1 atom stereocenters. The highest BCUT2D eigenvalue weighted by atomic mass is 35.5. The minimum Gasteiger partial charge on any atom is -0.366 e. The van der Waals surface area contributed by atoms with Crippen LogP contribution in [0.2, 0.25) is 5.02 Å². The molecule has 0 saturated carbocycles. The van der Waals surface area contributed by atoms with E-state index < -0.39 is 29.6 Å². The molecule has 0 aliphatic heterocycles. The van der Waals surface area contributed by atoms with E-state index in [0.717, 1.165) is 12.1 Å². The van der Waals surface area contributed by atoms with Crippen LogP contribution in [-0.4, -0.2) is 31.6 Å². The molecule has 0 aliphatic carbocycles. The average molecular weight is 439 g/mol. The number of primary amides is 1. The number of nitrogens with one attached hydrogen (secondary N) is 1. The van der Waals surface area contributed by atoms with E-state index in [0.29, 0.717) is 11.9 Å². The van der Waals surface area contributed by atoms with Crippen LogP contribution in [0.4, 0.5) is 13.2 Å². The first-order valence-electron chi connectivity index (χ1n) is 8.41. The van der Waals surface area contributed by atoms with Gasteiger partial charge in [0.2, 0.25) is 5.91 Å². The van der Waals surface area contributed by atoms with Crippen molar-refractivity contribution in [1.29, 1.82) is 0 Å². The number of nitrogens with zero attached hydrogens (tertiary/aromatic N) is 4. The van der Waals surface area contributed by atoms with Crippen molar-refractivity contribution in [2.75, 3.05) is 0 Å². The van der Waals surface area contributed by atoms with Crippen LogP contribution in [0.25, 0.3) is 5.82 Å². The summed E-state index contributed by atoms with van der Waals surface area (Å²) in [5, 5.41) is 6.36. The Morgan fingerprint density at radius 3 is 2.50 bits per heavy atom. The van der Waals surface area contributed by atoms with Crippen molar-refractivity contribution in [2.45, 2.75) is 19.1 Å². The standard InChI is InChI=1S/C18H14ClF3N6O2/c1-9(27-17(30)11-4-12(18(20,21)22)6-13(19)5-11)16-25-8-26-28(16)14-3-2-10(7-24-14)15(23)29/h2-9H,1H3,(H2,23,29)(H,27,30)/t9-/m0/s1. The molecule has 3 N–H and O–H groups in total. The van der Waals surface area contributed by atoms with Crippen LogP contribution in [0.5, 0.6) is 0 Å². The molecule has 2 heterocycles. The van der Waals surface area contributed by atoms with Gasteiger partial charge in [-0.3, -0.25) is 9.59 Å². The van der Waals surface area contributed by atoms with Crippen molar-refractivity contribution in [2.24, 2.45) is 5.73 Å². The molecule has 0 unspecified atom stereocenters. The smallest absolute Gasteiger partial charge is 0.366 e. The number of hydrogen-bond acceptors (Lipinski definition) is 5. The number of carbonyl (C=O) groups excluding carboxylic acids is 2. The van der Waals surface area contributed by atoms with E-state index in [1.54, 1.807) is 6.92 Å². The maximum atomic E-state index is 13.0. The van der Waals surface area contributed by atoms with Crippen LogP contribution < -0.4 is 11.1 Å². The maximum Gasteiger partial charge on any atom is 0.416 e. The summed E-state index contributed by atoms with van der Waals surface area (Å²) >= 11 is 5.73. The van der Waals surface area contributed by atoms with Crippen LogP contribution in [0.15, 0.2) is 42.9 Å². The van der Waals surface area contributed by atoms with E-state index in [4.69, 9.17) is 17.3 Å². The van der Waals surface area contributed by atoms with Crippen molar-refractivity contribution in [1.82, 2.24) is 25.1 Å². The molecule has 156 valence electrons. The molecule has 0 aliphatic rings. The van der Waals surface area contributed by atoms with Gasteiger partial charge in [0.05, 0.1) is 17.2 Å². The number of halogens is 4. The molecule has 0 spiro atoms. The Morgan fingerprint density at radius 1 is 1.17 bits per heavy atom. The first-order chi connectivity index (χ1) is 14.1. The molecule has 12 heteroatoms. The van der Waals surface area contributed by atoms with Gasteiger partial charge >= 0.3 is 6.18 Å². The summed E-state index contributed by atoms with van der Waals surface area (Å²) in [6.45, 7) is 1.57. The van der Waals surface area contributed by atoms with Crippen LogP contribution in [0.1, 0.15) is 45.1 Å². The lowest BCUT2D eigenvalue weighted by atomic mass is 10.1. The number of carbonyl (C=O) groups is 2. The first kappa shape index (κ1) is 21.2. The summed E-state index contributed by atoms with van der Waals surface area (Å²) in [5.41, 5.74) is 4.09. The fourth-order valence-corrected chi connectivity index (χ4v) is 2.84. The molecule has 2 amide bonds. The van der Waals surface area contributed by atoms with Gasteiger partial charge in [-0.15, -0.1) is 0 Å². The third-order valence-corrected chi connectivity index (χ3v) is 4.26. The summed E-state index contributed by atoms with van der Waals surface area (Å²) in [5.74, 6) is -0.855. The van der Waals surface area contributed by atoms with E-state index in [9.17, 15) is 22.8 Å². The van der Waals surface area contributed by atoms with E-state index in [-0.39, 0.29) is 22.0 Å². The molecule has 0 radical (unpaired) electrons. The Kier molecular flexibility index (Phi) is 5.74. The lowest BCUT2D eigenvalue weighted by Gasteiger charge is -2.15. The Hall–Kier alpha value is -3.47. The first-order valence-corrected chi connectivity index (χ1v) is 8.79. The Bertz CT molecular complexity index is 1100. The van der Waals surface area contributed by atoms with E-state index in [1.165, 1.54) is 29.3 Å². The number of rotatable bonds is 5. The second kappa shape index (κ2) is 8.11. The number of hydrogen-bond donors (Lipinski definition) is 2. The number of nitrogens with two attached hydrogens (primary N) is 1. The van der Waals surface area contributed by atoms with Crippen LogP contribution in [0.3, 0.4) is 0 Å². The molecule has 8 nitrogen and oxygen atoms in total. The Balaban J connectivity index is 1.83. The quantitative estimate of drug-likeness (QED) is 0.635. The maximum absolute atomic E-state index is 13.0. The van der Waals surface area contributed by atoms with Gasteiger partial charge < -0.3 is 11.1 Å². The summed E-state index contributed by atoms with van der Waals surface area (Å²) in [7, 11) is 0. The van der Waals surface area contributed by atoms with Crippen LogP contribution in [-0.2, 0) is 6.18 Å². The van der Waals surface area contributed by atoms with Crippen molar-refractivity contribution in [3.63, 3.8) is 0 Å². The van der Waals surface area contributed by atoms with Gasteiger partial charge in [0.25, 0.3) is 5.91 Å². The van der Waals surface area contributed by atoms with Gasteiger partial charge in [-0.2, -0.15) is 23.0 Å². The number of alkyl halides is 3. The topological polar surface area (TPSA) is 116 Å². The molecular formula is C18H14ClF3N6O2. The fraction of sp³-hybridized carbons (Fsp3) is 0.167. The van der Waals surface area contributed by atoms with Gasteiger partial charge in [-0.25, -0.2) is 9.97 Å². The molecular weight excluding hydrogens is 425 g/mol. The molecule has 2 aromatic heterocycles. The van der Waals surface area contributed by atoms with Crippen molar-refractivity contribution < 1.29 is 22.8 Å². The molecule has 3 aromatic rings. The van der Waals surface area contributed by atoms with Crippen molar-refractivity contribution in [3.05, 3.63) is 70.4 Å². The van der Waals surface area contributed by atoms with Gasteiger partial charge in [-0.1, -0.05) is 11.6 Å². The third kappa shape index (κ3) is 4.57. The van der Waals surface area contributed by atoms with Gasteiger partial charge in [-0.05, 0) is 37.3 Å². The zero-order valence-corrected chi connectivity index (χ0v) is 16.1. The number of aromatic nitrogens is 4. The predicted molar refractivity (Wildman–Crippen MR) is 100 cm³/mol. The summed E-state index contributed by atoms with van der Waals surface area (Å²) < 4.78 is 40.2. The lowest BCUT2D eigenvalue weighted by molar-refractivity contribution is -0.137. The molecule has 0 fully saturated rings. The number of amides is 2. The second-order valence-corrected chi connectivity index (χ2v) is 6.66. The van der Waals surface area contributed by atoms with Gasteiger partial charge in [0.1, 0.15) is 6.33 Å². The largest absolute Gasteiger partial charge is 0.416 e. The van der Waals surface area contributed by atoms with E-state index >= 15 is 0 Å². The van der Waals surface area contributed by atoms with Crippen LogP contribution >= 0.6 is 11.6 Å². The number of pyridine rings is 1. The zero-order valence-electron chi connectivity index (χ0n) is 15.3. The molecule has 3 rings (SSSR count). The molecule has 0 saturated heterocycles. The normalized spacial score (nSPS) is 12.4. The SMILES string of the molecule is C[C@H](NC(=O)c1cc(Cl)cc(C(F)(F)F)c1)c1ncnn1-c1ccc(C(N)=O)cn1. The minimum atomic E-state index is -4.64. The highest BCUT2D eigenvalue weighted by molar-refractivity contribution is 6.31. The summed E-state index contributed by atoms with van der Waals surface area (Å²) in [6.07, 6.45) is -2.16. The molecule has 1 aromatic carbocycles. The lowest BCUT2D eigenvalue weighted by Crippen LogP contribution is -2.29. The Morgan fingerprint density at radius 2 is 1.90 bits per heavy atom. The number of benzene rings is 1. The highest BCUT2D eigenvalue weighted by Crippen LogP contribution is 2.32. The van der Waals surface area contributed by atoms with E-state index in [2.05, 4.69) is 20.4 Å². The van der Waals surface area contributed by atoms with Gasteiger partial charge in [0, 0.05) is 16.8 Å². The van der Waals surface area contributed by atoms with Crippen molar-refractivity contribution >= 4 is 23.4 Å². The summed E-state index contributed by atoms with van der Waals surface area (Å²) in [6, 6.07) is 4.77. The molecule has 30 heavy (non-hydrogen) atoms. The van der Waals surface area contributed by atoms with E-state index in [1.807, 2.05) is 0 Å². The highest BCUT2D eigenvalue weighted by Gasteiger charge is 2.32. The van der Waals surface area contributed by atoms with Crippen LogP contribution in [0, 0.1) is 0 Å². The molecule has 0 bridgehead atoms. The fourth-order valence-electron chi connectivity index (χ4n) is 2.61. The second-order valence-electron chi connectivity index (χ2n) is 6.22. The third-order valence-electron chi connectivity index (χ3n) is 4.05. The minimum absolute atomic E-state index is 0.197. The predicted octanol–water partition coefficient (Wildman–Crippen LogP) is 2.92.